The van der Waals surface area contributed by atoms with Crippen LogP contribution in [-0.4, -0.2) is 16.5 Å². The van der Waals surface area contributed by atoms with E-state index in [-0.39, 0.29) is 0 Å². The first kappa shape index (κ1) is 16.5. The molecule has 0 spiro atoms. The Balaban J connectivity index is 1.90. The molecule has 5 heteroatoms. The van der Waals surface area contributed by atoms with Crippen molar-refractivity contribution in [2.45, 2.75) is 13.8 Å². The van der Waals surface area contributed by atoms with Crippen LogP contribution >= 0.6 is 0 Å². The molecule has 5 nitrogen and oxygen atoms in total. The molecule has 0 aliphatic carbocycles. The molecule has 0 atom stereocenters. The number of nitrogens with zero attached hydrogens (tertiary/aromatic N) is 4. The highest BCUT2D eigenvalue weighted by atomic mass is 15.3. The number of anilines is 4. The van der Waals surface area contributed by atoms with Crippen molar-refractivity contribution in [3.05, 3.63) is 71.9 Å². The summed E-state index contributed by atoms with van der Waals surface area (Å²) in [7, 11) is 0. The maximum atomic E-state index is 8.89. The lowest BCUT2D eigenvalue weighted by Crippen LogP contribution is -2.19. The maximum Gasteiger partial charge on any atom is 0.232 e. The van der Waals surface area contributed by atoms with Gasteiger partial charge in [0.15, 0.2) is 0 Å². The second-order valence-electron chi connectivity index (χ2n) is 5.59. The number of hydrogen-bond acceptors (Lipinski definition) is 5. The Labute approximate surface area is 147 Å². The summed E-state index contributed by atoms with van der Waals surface area (Å²) < 4.78 is 0. The molecule has 0 aliphatic heterocycles. The fourth-order valence-corrected chi connectivity index (χ4v) is 2.56. The van der Waals surface area contributed by atoms with Crippen LogP contribution in [0, 0.1) is 18.3 Å². The summed E-state index contributed by atoms with van der Waals surface area (Å²) in [6.07, 6.45) is 0. The summed E-state index contributed by atoms with van der Waals surface area (Å²) >= 11 is 0. The molecule has 0 aliphatic rings. The number of aryl methyl sites for hydroxylation is 1. The van der Waals surface area contributed by atoms with Crippen LogP contribution in [-0.2, 0) is 0 Å². The monoisotopic (exact) mass is 329 g/mol. The Morgan fingerprint density at radius 3 is 2.40 bits per heavy atom. The lowest BCUT2D eigenvalue weighted by molar-refractivity contribution is 0.936. The van der Waals surface area contributed by atoms with Gasteiger partial charge in [-0.2, -0.15) is 10.2 Å². The molecule has 0 saturated carbocycles. The number of nitriles is 1. The predicted molar refractivity (Wildman–Crippen MR) is 100 cm³/mol. The van der Waals surface area contributed by atoms with Crippen LogP contribution in [0.25, 0.3) is 0 Å². The van der Waals surface area contributed by atoms with Gasteiger partial charge >= 0.3 is 0 Å². The van der Waals surface area contributed by atoms with Crippen LogP contribution in [0.5, 0.6) is 0 Å². The minimum Gasteiger partial charge on any atom is -0.340 e. The van der Waals surface area contributed by atoms with E-state index in [1.807, 2.05) is 55.5 Å². The van der Waals surface area contributed by atoms with Crippen LogP contribution in [0.15, 0.2) is 60.7 Å². The van der Waals surface area contributed by atoms with Gasteiger partial charge in [-0.3, -0.25) is 0 Å². The Morgan fingerprint density at radius 2 is 1.76 bits per heavy atom. The van der Waals surface area contributed by atoms with Crippen molar-refractivity contribution < 1.29 is 0 Å². The van der Waals surface area contributed by atoms with Crippen LogP contribution in [0.1, 0.15) is 18.2 Å². The zero-order valence-corrected chi connectivity index (χ0v) is 14.3. The van der Waals surface area contributed by atoms with E-state index in [2.05, 4.69) is 33.2 Å². The molecule has 25 heavy (non-hydrogen) atoms. The highest BCUT2D eigenvalue weighted by molar-refractivity contribution is 5.62. The molecule has 0 radical (unpaired) electrons. The first-order valence-electron chi connectivity index (χ1n) is 8.15. The summed E-state index contributed by atoms with van der Waals surface area (Å²) in [5, 5.41) is 12.2. The molecule has 2 aromatic carbocycles. The average Bonchev–Trinajstić information content (AvgIpc) is 2.63. The normalized spacial score (nSPS) is 10.1. The summed E-state index contributed by atoms with van der Waals surface area (Å²) in [6, 6.07) is 21.4. The predicted octanol–water partition coefficient (Wildman–Crippen LogP) is 4.56. The molecule has 1 N–H and O–H groups in total. The number of nitrogens with one attached hydrogen (secondary N) is 1. The first-order chi connectivity index (χ1) is 12.2. The molecular formula is C20H19N5. The van der Waals surface area contributed by atoms with Crippen LogP contribution < -0.4 is 10.2 Å². The summed E-state index contributed by atoms with van der Waals surface area (Å²) in [6.45, 7) is 4.80. The van der Waals surface area contributed by atoms with Crippen molar-refractivity contribution in [3.8, 4) is 6.07 Å². The minimum absolute atomic E-state index is 0.631. The largest absolute Gasteiger partial charge is 0.340 e. The summed E-state index contributed by atoms with van der Waals surface area (Å²) in [4.78, 5) is 11.3. The first-order valence-corrected chi connectivity index (χ1v) is 8.15. The molecule has 0 unspecified atom stereocenters. The number of aromatic nitrogens is 2. The second kappa shape index (κ2) is 7.45. The van der Waals surface area contributed by atoms with Gasteiger partial charge in [0.25, 0.3) is 0 Å². The van der Waals surface area contributed by atoms with E-state index in [4.69, 9.17) is 5.26 Å². The van der Waals surface area contributed by atoms with E-state index in [1.54, 1.807) is 12.1 Å². The third-order valence-corrected chi connectivity index (χ3v) is 3.75. The molecule has 0 fully saturated rings. The van der Waals surface area contributed by atoms with Crippen molar-refractivity contribution in [3.63, 3.8) is 0 Å². The van der Waals surface area contributed by atoms with E-state index < -0.39 is 0 Å². The Hall–Kier alpha value is -3.39. The van der Waals surface area contributed by atoms with Gasteiger partial charge in [-0.05, 0) is 50.2 Å². The number of hydrogen-bond donors (Lipinski definition) is 1. The fourth-order valence-electron chi connectivity index (χ4n) is 2.56. The molecule has 0 amide bonds. The number of rotatable bonds is 5. The van der Waals surface area contributed by atoms with Gasteiger partial charge in [0.2, 0.25) is 5.95 Å². The zero-order chi connectivity index (χ0) is 17.6. The lowest BCUT2D eigenvalue weighted by atomic mass is 10.2. The van der Waals surface area contributed by atoms with E-state index in [1.165, 1.54) is 0 Å². The van der Waals surface area contributed by atoms with Crippen molar-refractivity contribution in [2.75, 3.05) is 16.8 Å². The van der Waals surface area contributed by atoms with Gasteiger partial charge < -0.3 is 10.2 Å². The highest BCUT2D eigenvalue weighted by Crippen LogP contribution is 2.24. The summed E-state index contributed by atoms with van der Waals surface area (Å²) in [5.41, 5.74) is 3.45. The Bertz CT molecular complexity index is 882. The summed E-state index contributed by atoms with van der Waals surface area (Å²) in [5.74, 6) is 1.38. The van der Waals surface area contributed by atoms with Crippen LogP contribution in [0.2, 0.25) is 0 Å². The van der Waals surface area contributed by atoms with Gasteiger partial charge in [-0.1, -0.05) is 18.2 Å². The van der Waals surface area contributed by atoms with Crippen molar-refractivity contribution in [1.82, 2.24) is 9.97 Å². The quantitative estimate of drug-likeness (QED) is 0.743. The third-order valence-electron chi connectivity index (χ3n) is 3.75. The van der Waals surface area contributed by atoms with Gasteiger partial charge in [-0.15, -0.1) is 0 Å². The fraction of sp³-hybridized carbons (Fsp3) is 0.150. The van der Waals surface area contributed by atoms with Gasteiger partial charge in [0, 0.05) is 29.7 Å². The molecule has 1 aromatic heterocycles. The average molecular weight is 329 g/mol. The number of para-hydroxylation sites is 1. The Kier molecular flexibility index (Phi) is 4.91. The standard InChI is InChI=1S/C20H19N5/c1-3-25(18-7-5-4-6-8-18)20-22-15(2)13-19(24-20)23-17-11-9-16(14-21)10-12-17/h4-13H,3H2,1-2H3,(H,22,23,24). The molecule has 3 aromatic rings. The van der Waals surface area contributed by atoms with E-state index in [0.717, 1.165) is 29.4 Å². The van der Waals surface area contributed by atoms with Crippen molar-refractivity contribution >= 4 is 23.1 Å². The van der Waals surface area contributed by atoms with E-state index in [9.17, 15) is 0 Å². The van der Waals surface area contributed by atoms with E-state index in [0.29, 0.717) is 11.5 Å². The maximum absolute atomic E-state index is 8.89. The van der Waals surface area contributed by atoms with Crippen LogP contribution in [0.3, 0.4) is 0 Å². The third kappa shape index (κ3) is 3.93. The lowest BCUT2D eigenvalue weighted by Gasteiger charge is -2.22. The van der Waals surface area contributed by atoms with Crippen molar-refractivity contribution in [1.29, 1.82) is 5.26 Å². The van der Waals surface area contributed by atoms with E-state index >= 15 is 0 Å². The van der Waals surface area contributed by atoms with Gasteiger partial charge in [-0.25, -0.2) is 4.98 Å². The second-order valence-corrected chi connectivity index (χ2v) is 5.59. The zero-order valence-electron chi connectivity index (χ0n) is 14.3. The highest BCUT2D eigenvalue weighted by Gasteiger charge is 2.12. The van der Waals surface area contributed by atoms with Gasteiger partial charge in [0.05, 0.1) is 11.6 Å². The molecule has 3 rings (SSSR count). The molecule has 124 valence electrons. The smallest absolute Gasteiger partial charge is 0.232 e. The molecule has 1 heterocycles. The minimum atomic E-state index is 0.631. The molecular weight excluding hydrogens is 310 g/mol. The molecule has 0 saturated heterocycles. The topological polar surface area (TPSA) is 64.8 Å². The number of benzene rings is 2. The van der Waals surface area contributed by atoms with Crippen LogP contribution in [0.4, 0.5) is 23.1 Å². The SMILES string of the molecule is CCN(c1ccccc1)c1nc(C)cc(Nc2ccc(C#N)cc2)n1. The Morgan fingerprint density at radius 1 is 1.04 bits per heavy atom. The van der Waals surface area contributed by atoms with Gasteiger partial charge in [0.1, 0.15) is 5.82 Å². The van der Waals surface area contributed by atoms with Crippen molar-refractivity contribution in [2.24, 2.45) is 0 Å². The molecule has 0 bridgehead atoms.